The van der Waals surface area contributed by atoms with E-state index in [2.05, 4.69) is 31.5 Å². The molecular weight excluding hydrogens is 350 g/mol. The fourth-order valence-corrected chi connectivity index (χ4v) is 3.70. The fraction of sp³-hybridized carbons (Fsp3) is 0.318. The van der Waals surface area contributed by atoms with Crippen molar-refractivity contribution >= 4 is 16.8 Å². The van der Waals surface area contributed by atoms with Crippen LogP contribution in [0.3, 0.4) is 0 Å². The largest absolute Gasteiger partial charge is 0.328 e. The van der Waals surface area contributed by atoms with Crippen LogP contribution in [-0.4, -0.2) is 39.1 Å². The number of H-pyrrole nitrogens is 1. The van der Waals surface area contributed by atoms with Gasteiger partial charge in [-0.2, -0.15) is 5.10 Å². The van der Waals surface area contributed by atoms with Gasteiger partial charge in [-0.05, 0) is 68.4 Å². The molecule has 1 aromatic carbocycles. The van der Waals surface area contributed by atoms with E-state index in [-0.39, 0.29) is 5.91 Å². The molecule has 1 aliphatic rings. The zero-order valence-corrected chi connectivity index (χ0v) is 16.1. The lowest BCUT2D eigenvalue weighted by Crippen LogP contribution is -2.29. The molecule has 0 unspecified atom stereocenters. The Labute approximate surface area is 164 Å². The molecule has 3 aromatic rings. The summed E-state index contributed by atoms with van der Waals surface area (Å²) in [7, 11) is 0. The van der Waals surface area contributed by atoms with Gasteiger partial charge in [0.2, 0.25) is 0 Å². The van der Waals surface area contributed by atoms with E-state index in [1.807, 2.05) is 37.5 Å². The van der Waals surface area contributed by atoms with Gasteiger partial charge in [0.05, 0.1) is 5.52 Å². The van der Waals surface area contributed by atoms with E-state index >= 15 is 0 Å². The summed E-state index contributed by atoms with van der Waals surface area (Å²) in [6, 6.07) is 8.20. The van der Waals surface area contributed by atoms with Gasteiger partial charge in [-0.3, -0.25) is 19.8 Å². The summed E-state index contributed by atoms with van der Waals surface area (Å²) in [5, 5.41) is 10.6. The van der Waals surface area contributed by atoms with Crippen LogP contribution in [0.25, 0.3) is 22.0 Å². The third-order valence-corrected chi connectivity index (χ3v) is 5.14. The number of rotatable bonds is 5. The summed E-state index contributed by atoms with van der Waals surface area (Å²) in [6.07, 6.45) is 11.1. The summed E-state index contributed by atoms with van der Waals surface area (Å²) >= 11 is 0. The number of aromatic nitrogens is 3. The molecule has 0 saturated carbocycles. The van der Waals surface area contributed by atoms with E-state index in [1.165, 1.54) is 24.8 Å². The molecular formula is C22H25N5O. The van der Waals surface area contributed by atoms with E-state index in [0.717, 1.165) is 41.7 Å². The summed E-state index contributed by atoms with van der Waals surface area (Å²) in [5.74, 6) is -0.224. The highest BCUT2D eigenvalue weighted by molar-refractivity contribution is 6.05. The average Bonchev–Trinajstić information content (AvgIpc) is 3.16. The first-order valence-electron chi connectivity index (χ1n) is 9.81. The van der Waals surface area contributed by atoms with Crippen molar-refractivity contribution in [3.8, 4) is 11.1 Å². The van der Waals surface area contributed by atoms with Gasteiger partial charge in [-0.15, -0.1) is 0 Å². The second kappa shape index (κ2) is 8.35. The van der Waals surface area contributed by atoms with Crippen molar-refractivity contribution in [1.29, 1.82) is 0 Å². The Morgan fingerprint density at radius 1 is 1.18 bits per heavy atom. The second-order valence-electron chi connectivity index (χ2n) is 7.22. The number of amides is 1. The Kier molecular flexibility index (Phi) is 5.48. The number of nitrogens with one attached hydrogen (secondary N) is 2. The molecule has 1 amide bonds. The molecule has 1 fully saturated rings. The predicted octanol–water partition coefficient (Wildman–Crippen LogP) is 3.87. The SMILES string of the molecule is C/C=C/NC(=O)c1n[nH]c2ccc(-c3cncc(CN4CCCCC4)c3)cc12. The molecule has 2 aromatic heterocycles. The van der Waals surface area contributed by atoms with E-state index in [9.17, 15) is 4.79 Å². The lowest BCUT2D eigenvalue weighted by atomic mass is 10.0. The van der Waals surface area contributed by atoms with Gasteiger partial charge in [0.1, 0.15) is 0 Å². The summed E-state index contributed by atoms with van der Waals surface area (Å²) in [6.45, 7) is 5.11. The molecule has 6 nitrogen and oxygen atoms in total. The first-order chi connectivity index (χ1) is 13.7. The van der Waals surface area contributed by atoms with Crippen LogP contribution in [0.2, 0.25) is 0 Å². The van der Waals surface area contributed by atoms with Gasteiger partial charge in [0.15, 0.2) is 5.69 Å². The zero-order chi connectivity index (χ0) is 19.3. The highest BCUT2D eigenvalue weighted by Crippen LogP contribution is 2.26. The lowest BCUT2D eigenvalue weighted by molar-refractivity contribution is 0.0966. The fourth-order valence-electron chi connectivity index (χ4n) is 3.70. The molecule has 0 bridgehead atoms. The van der Waals surface area contributed by atoms with Gasteiger partial charge >= 0.3 is 0 Å². The molecule has 0 spiro atoms. The number of aromatic amines is 1. The molecule has 0 aliphatic carbocycles. The molecule has 6 heteroatoms. The Morgan fingerprint density at radius 2 is 2.04 bits per heavy atom. The van der Waals surface area contributed by atoms with E-state index < -0.39 is 0 Å². The van der Waals surface area contributed by atoms with Crippen LogP contribution in [0.1, 0.15) is 42.2 Å². The topological polar surface area (TPSA) is 73.9 Å². The molecule has 4 rings (SSSR count). The summed E-state index contributed by atoms with van der Waals surface area (Å²) in [5.41, 5.74) is 4.54. The second-order valence-corrected chi connectivity index (χ2v) is 7.22. The minimum absolute atomic E-state index is 0.224. The van der Waals surface area contributed by atoms with Crippen molar-refractivity contribution < 1.29 is 4.79 Å². The maximum atomic E-state index is 12.3. The normalized spacial score (nSPS) is 15.3. The van der Waals surface area contributed by atoms with Crippen LogP contribution in [0.5, 0.6) is 0 Å². The number of benzene rings is 1. The molecule has 2 N–H and O–H groups in total. The van der Waals surface area contributed by atoms with Crippen LogP contribution in [0.4, 0.5) is 0 Å². The Hall–Kier alpha value is -2.99. The van der Waals surface area contributed by atoms with Crippen LogP contribution in [-0.2, 0) is 6.54 Å². The highest BCUT2D eigenvalue weighted by Gasteiger charge is 2.15. The van der Waals surface area contributed by atoms with Crippen molar-refractivity contribution in [1.82, 2.24) is 25.4 Å². The van der Waals surface area contributed by atoms with Gasteiger partial charge in [-0.1, -0.05) is 18.6 Å². The number of nitrogens with zero attached hydrogens (tertiary/aromatic N) is 3. The number of pyridine rings is 1. The van der Waals surface area contributed by atoms with Gasteiger partial charge in [0, 0.05) is 29.9 Å². The van der Waals surface area contributed by atoms with E-state index in [1.54, 1.807) is 12.3 Å². The third-order valence-electron chi connectivity index (χ3n) is 5.14. The quantitative estimate of drug-likeness (QED) is 0.710. The smallest absolute Gasteiger partial charge is 0.276 e. The highest BCUT2D eigenvalue weighted by atomic mass is 16.1. The van der Waals surface area contributed by atoms with Gasteiger partial charge in [-0.25, -0.2) is 0 Å². The number of hydrogen-bond donors (Lipinski definition) is 2. The number of piperidine rings is 1. The number of likely N-dealkylation sites (tertiary alicyclic amines) is 1. The van der Waals surface area contributed by atoms with Crippen molar-refractivity contribution in [2.75, 3.05) is 13.1 Å². The standard InChI is InChI=1S/C22H25N5O/c1-2-8-24-22(28)21-19-12-17(6-7-20(19)25-26-21)18-11-16(13-23-14-18)15-27-9-4-3-5-10-27/h2,6-8,11-14H,3-5,9-10,15H2,1H3,(H,24,28)(H,25,26)/b8-2+. The van der Waals surface area contributed by atoms with Crippen LogP contribution < -0.4 is 5.32 Å². The van der Waals surface area contributed by atoms with E-state index in [4.69, 9.17) is 0 Å². The maximum absolute atomic E-state index is 12.3. The Balaban J connectivity index is 1.61. The van der Waals surface area contributed by atoms with Gasteiger partial charge in [0.25, 0.3) is 5.91 Å². The number of fused-ring (bicyclic) bond motifs is 1. The summed E-state index contributed by atoms with van der Waals surface area (Å²) in [4.78, 5) is 19.3. The molecule has 144 valence electrons. The van der Waals surface area contributed by atoms with Crippen molar-refractivity contribution in [2.45, 2.75) is 32.7 Å². The van der Waals surface area contributed by atoms with Crippen molar-refractivity contribution in [3.05, 3.63) is 60.2 Å². The number of allylic oxidation sites excluding steroid dienone is 1. The molecule has 0 radical (unpaired) electrons. The first kappa shape index (κ1) is 18.4. The molecule has 0 atom stereocenters. The predicted molar refractivity (Wildman–Crippen MR) is 111 cm³/mol. The molecule has 3 heterocycles. The van der Waals surface area contributed by atoms with E-state index in [0.29, 0.717) is 5.69 Å². The van der Waals surface area contributed by atoms with Crippen molar-refractivity contribution in [3.63, 3.8) is 0 Å². The van der Waals surface area contributed by atoms with Crippen LogP contribution >= 0.6 is 0 Å². The Morgan fingerprint density at radius 3 is 2.86 bits per heavy atom. The van der Waals surface area contributed by atoms with Crippen LogP contribution in [0.15, 0.2) is 48.9 Å². The minimum atomic E-state index is -0.224. The number of carbonyl (C=O) groups excluding carboxylic acids is 1. The third kappa shape index (κ3) is 3.97. The van der Waals surface area contributed by atoms with Crippen LogP contribution in [0, 0.1) is 0 Å². The summed E-state index contributed by atoms with van der Waals surface area (Å²) < 4.78 is 0. The van der Waals surface area contributed by atoms with Crippen molar-refractivity contribution in [2.24, 2.45) is 0 Å². The first-order valence-corrected chi connectivity index (χ1v) is 9.81. The zero-order valence-electron chi connectivity index (χ0n) is 16.1. The Bertz CT molecular complexity index is 1000. The minimum Gasteiger partial charge on any atom is -0.328 e. The van der Waals surface area contributed by atoms with Gasteiger partial charge < -0.3 is 5.32 Å². The lowest BCUT2D eigenvalue weighted by Gasteiger charge is -2.26. The maximum Gasteiger partial charge on any atom is 0.276 e. The number of hydrogen-bond acceptors (Lipinski definition) is 4. The average molecular weight is 375 g/mol. The monoisotopic (exact) mass is 375 g/mol. The molecule has 1 saturated heterocycles. The molecule has 28 heavy (non-hydrogen) atoms. The molecule has 1 aliphatic heterocycles. The number of carbonyl (C=O) groups is 1.